The third-order valence-electron chi connectivity index (χ3n) is 5.78. The fourth-order valence-electron chi connectivity index (χ4n) is 4.44. The van der Waals surface area contributed by atoms with Gasteiger partial charge >= 0.3 is 0 Å². The van der Waals surface area contributed by atoms with Gasteiger partial charge in [-0.1, -0.05) is 0 Å². The van der Waals surface area contributed by atoms with Crippen LogP contribution in [0.1, 0.15) is 37.7 Å². The van der Waals surface area contributed by atoms with Crippen molar-refractivity contribution < 1.29 is 4.74 Å². The van der Waals surface area contributed by atoms with Crippen LogP contribution < -0.4 is 0 Å². The predicted molar refractivity (Wildman–Crippen MR) is 85.6 cm³/mol. The zero-order valence-corrected chi connectivity index (χ0v) is 13.7. The first-order valence-corrected chi connectivity index (χ1v) is 8.80. The summed E-state index contributed by atoms with van der Waals surface area (Å²) in [5, 5.41) is 4.27. The molecule has 0 bridgehead atoms. The number of aromatic nitrogens is 2. The third kappa shape index (κ3) is 2.94. The summed E-state index contributed by atoms with van der Waals surface area (Å²) in [7, 11) is 1.99. The highest BCUT2D eigenvalue weighted by atomic mass is 16.5. The number of hydrogen-bond acceptors (Lipinski definition) is 4. The second-order valence-electron chi connectivity index (χ2n) is 7.39. The summed E-state index contributed by atoms with van der Waals surface area (Å²) in [5.41, 5.74) is 1.50. The molecule has 4 heterocycles. The lowest BCUT2D eigenvalue weighted by Gasteiger charge is -2.38. The number of ether oxygens (including phenoxy) is 1. The smallest absolute Gasteiger partial charge is 0.0723 e. The molecule has 1 spiro atoms. The summed E-state index contributed by atoms with van der Waals surface area (Å²) in [6.45, 7) is 6.87. The van der Waals surface area contributed by atoms with E-state index in [1.54, 1.807) is 0 Å². The van der Waals surface area contributed by atoms with E-state index in [1.807, 2.05) is 17.9 Å². The van der Waals surface area contributed by atoms with E-state index < -0.39 is 0 Å². The molecule has 3 aliphatic rings. The van der Waals surface area contributed by atoms with Gasteiger partial charge in [0.05, 0.1) is 18.4 Å². The third-order valence-corrected chi connectivity index (χ3v) is 5.78. The molecule has 0 saturated carbocycles. The number of rotatable bonds is 3. The SMILES string of the molecule is Cn1cc(CN2CCC3(CC2)C[C@H](N2CCCC2)CO3)cn1. The van der Waals surface area contributed by atoms with Crippen LogP contribution >= 0.6 is 0 Å². The quantitative estimate of drug-likeness (QED) is 0.850. The number of hydrogen-bond donors (Lipinski definition) is 0. The first kappa shape index (κ1) is 14.7. The predicted octanol–water partition coefficient (Wildman–Crippen LogP) is 1.64. The highest BCUT2D eigenvalue weighted by Gasteiger charge is 2.44. The second-order valence-corrected chi connectivity index (χ2v) is 7.39. The van der Waals surface area contributed by atoms with E-state index in [9.17, 15) is 0 Å². The van der Waals surface area contributed by atoms with E-state index in [-0.39, 0.29) is 5.60 Å². The Labute approximate surface area is 133 Å². The molecule has 3 aliphatic heterocycles. The fourth-order valence-corrected chi connectivity index (χ4v) is 4.44. The van der Waals surface area contributed by atoms with Gasteiger partial charge in [-0.25, -0.2) is 0 Å². The highest BCUT2D eigenvalue weighted by Crippen LogP contribution is 2.38. The largest absolute Gasteiger partial charge is 0.373 e. The summed E-state index contributed by atoms with van der Waals surface area (Å²) in [6.07, 6.45) is 10.5. The van der Waals surface area contributed by atoms with Gasteiger partial charge in [0.15, 0.2) is 0 Å². The number of piperidine rings is 1. The standard InChI is InChI=1S/C17H28N4O/c1-19-12-15(11-18-19)13-20-8-4-17(5-9-20)10-16(14-22-17)21-6-2-3-7-21/h11-12,16H,2-10,13-14H2,1H3/t16-/m0/s1. The summed E-state index contributed by atoms with van der Waals surface area (Å²) in [5.74, 6) is 0. The van der Waals surface area contributed by atoms with Crippen molar-refractivity contribution in [3.8, 4) is 0 Å². The lowest BCUT2D eigenvalue weighted by Crippen LogP contribution is -2.44. The molecule has 0 unspecified atom stereocenters. The molecule has 0 amide bonds. The maximum Gasteiger partial charge on any atom is 0.0723 e. The Morgan fingerprint density at radius 1 is 1.23 bits per heavy atom. The van der Waals surface area contributed by atoms with Gasteiger partial charge in [0.25, 0.3) is 0 Å². The normalized spacial score (nSPS) is 29.6. The van der Waals surface area contributed by atoms with Gasteiger partial charge < -0.3 is 4.74 Å². The molecule has 1 atom stereocenters. The van der Waals surface area contributed by atoms with Crippen LogP contribution in [0.3, 0.4) is 0 Å². The molecule has 0 N–H and O–H groups in total. The number of aryl methyl sites for hydroxylation is 1. The molecule has 0 aliphatic carbocycles. The average Bonchev–Trinajstić information content (AvgIpc) is 3.23. The lowest BCUT2D eigenvalue weighted by molar-refractivity contribution is -0.0452. The Morgan fingerprint density at radius 2 is 2.00 bits per heavy atom. The van der Waals surface area contributed by atoms with Gasteiger partial charge in [-0.05, 0) is 45.2 Å². The number of nitrogens with zero attached hydrogens (tertiary/aromatic N) is 4. The van der Waals surface area contributed by atoms with Crippen LogP contribution in [0.2, 0.25) is 0 Å². The van der Waals surface area contributed by atoms with Crippen LogP contribution in [-0.2, 0) is 18.3 Å². The van der Waals surface area contributed by atoms with E-state index in [0.29, 0.717) is 6.04 Å². The van der Waals surface area contributed by atoms with Crippen molar-refractivity contribution in [3.63, 3.8) is 0 Å². The van der Waals surface area contributed by atoms with Gasteiger partial charge in [-0.3, -0.25) is 14.5 Å². The Hall–Kier alpha value is -0.910. The minimum atomic E-state index is 0.179. The van der Waals surface area contributed by atoms with Crippen LogP contribution in [0.15, 0.2) is 12.4 Å². The summed E-state index contributed by atoms with van der Waals surface area (Å²) < 4.78 is 8.21. The molecular weight excluding hydrogens is 276 g/mol. The van der Waals surface area contributed by atoms with E-state index in [1.165, 1.54) is 50.8 Å². The molecule has 122 valence electrons. The molecule has 22 heavy (non-hydrogen) atoms. The van der Waals surface area contributed by atoms with E-state index in [4.69, 9.17) is 4.74 Å². The molecule has 1 aromatic heterocycles. The molecule has 1 aromatic rings. The molecule has 5 nitrogen and oxygen atoms in total. The molecule has 3 fully saturated rings. The number of likely N-dealkylation sites (tertiary alicyclic amines) is 2. The van der Waals surface area contributed by atoms with Crippen molar-refractivity contribution in [3.05, 3.63) is 18.0 Å². The zero-order chi connectivity index (χ0) is 15.0. The van der Waals surface area contributed by atoms with Gasteiger partial charge in [0.1, 0.15) is 0 Å². The molecule has 3 saturated heterocycles. The zero-order valence-electron chi connectivity index (χ0n) is 13.7. The molecular formula is C17H28N4O. The van der Waals surface area contributed by atoms with Crippen LogP contribution in [-0.4, -0.2) is 64.0 Å². The molecule has 4 rings (SSSR count). The Kier molecular flexibility index (Phi) is 3.96. The van der Waals surface area contributed by atoms with E-state index in [2.05, 4.69) is 21.1 Å². The van der Waals surface area contributed by atoms with Crippen molar-refractivity contribution in [1.82, 2.24) is 19.6 Å². The van der Waals surface area contributed by atoms with Gasteiger partial charge in [0.2, 0.25) is 0 Å². The molecule has 5 heteroatoms. The van der Waals surface area contributed by atoms with E-state index >= 15 is 0 Å². The van der Waals surface area contributed by atoms with Crippen molar-refractivity contribution in [1.29, 1.82) is 0 Å². The average molecular weight is 304 g/mol. The van der Waals surface area contributed by atoms with E-state index in [0.717, 1.165) is 26.2 Å². The summed E-state index contributed by atoms with van der Waals surface area (Å²) >= 11 is 0. The second kappa shape index (κ2) is 5.95. The fraction of sp³-hybridized carbons (Fsp3) is 0.824. The lowest BCUT2D eigenvalue weighted by atomic mass is 9.87. The Morgan fingerprint density at radius 3 is 2.68 bits per heavy atom. The maximum atomic E-state index is 6.32. The minimum absolute atomic E-state index is 0.179. The van der Waals surface area contributed by atoms with Crippen LogP contribution in [0.5, 0.6) is 0 Å². The van der Waals surface area contributed by atoms with Crippen molar-refractivity contribution >= 4 is 0 Å². The molecule has 0 aromatic carbocycles. The highest BCUT2D eigenvalue weighted by molar-refractivity contribution is 5.05. The molecule has 0 radical (unpaired) electrons. The maximum absolute atomic E-state index is 6.32. The van der Waals surface area contributed by atoms with Crippen LogP contribution in [0.4, 0.5) is 0 Å². The first-order chi connectivity index (χ1) is 10.7. The monoisotopic (exact) mass is 304 g/mol. The van der Waals surface area contributed by atoms with Gasteiger partial charge in [-0.2, -0.15) is 5.10 Å². The van der Waals surface area contributed by atoms with Crippen molar-refractivity contribution in [2.75, 3.05) is 32.8 Å². The summed E-state index contributed by atoms with van der Waals surface area (Å²) in [4.78, 5) is 5.21. The van der Waals surface area contributed by atoms with Gasteiger partial charge in [-0.15, -0.1) is 0 Å². The van der Waals surface area contributed by atoms with Crippen LogP contribution in [0, 0.1) is 0 Å². The van der Waals surface area contributed by atoms with Crippen molar-refractivity contribution in [2.24, 2.45) is 7.05 Å². The topological polar surface area (TPSA) is 33.5 Å². The Balaban J connectivity index is 1.30. The van der Waals surface area contributed by atoms with Crippen LogP contribution in [0.25, 0.3) is 0 Å². The summed E-state index contributed by atoms with van der Waals surface area (Å²) in [6, 6.07) is 0.687. The first-order valence-electron chi connectivity index (χ1n) is 8.80. The van der Waals surface area contributed by atoms with Gasteiger partial charge in [0, 0.05) is 44.5 Å². The van der Waals surface area contributed by atoms with Crippen molar-refractivity contribution in [2.45, 2.75) is 50.3 Å². The Bertz CT molecular complexity index is 501. The minimum Gasteiger partial charge on any atom is -0.373 e.